The fraction of sp³-hybridized carbons (Fsp3) is 0.290. The summed E-state index contributed by atoms with van der Waals surface area (Å²) >= 11 is 0. The van der Waals surface area contributed by atoms with Gasteiger partial charge in [0.1, 0.15) is 29.8 Å². The van der Waals surface area contributed by atoms with Crippen molar-refractivity contribution in [1.82, 2.24) is 25.0 Å². The molecule has 10 heteroatoms. The molecule has 5 aromatic rings. The lowest BCUT2D eigenvalue weighted by atomic mass is 10.0. The average Bonchev–Trinajstić information content (AvgIpc) is 3.74. The van der Waals surface area contributed by atoms with Gasteiger partial charge in [0, 0.05) is 11.1 Å². The number of nitrogens with zero attached hydrogens (tertiary/aromatic N) is 4. The van der Waals surface area contributed by atoms with Crippen LogP contribution in [0.25, 0.3) is 11.0 Å². The number of nitrogens with one attached hydrogen (secondary N) is 1. The number of benzene rings is 3. The summed E-state index contributed by atoms with van der Waals surface area (Å²) in [5.41, 5.74) is 4.47. The van der Waals surface area contributed by atoms with E-state index in [0.717, 1.165) is 16.6 Å². The molecule has 3 aromatic carbocycles. The first-order valence-corrected chi connectivity index (χ1v) is 13.6. The second kappa shape index (κ2) is 10.3. The molecule has 0 saturated carbocycles. The Kier molecular flexibility index (Phi) is 6.47. The van der Waals surface area contributed by atoms with Crippen molar-refractivity contribution in [3.05, 3.63) is 113 Å². The molecule has 1 N–H and O–H groups in total. The first kappa shape index (κ1) is 25.7. The number of aromatic amines is 1. The molecule has 0 radical (unpaired) electrons. The van der Waals surface area contributed by atoms with Crippen molar-refractivity contribution in [1.29, 1.82) is 0 Å². The molecule has 2 aliphatic heterocycles. The van der Waals surface area contributed by atoms with E-state index in [2.05, 4.69) is 15.3 Å². The molecule has 41 heavy (non-hydrogen) atoms. The third kappa shape index (κ3) is 5.18. The Bertz CT molecular complexity index is 1680. The van der Waals surface area contributed by atoms with Crippen molar-refractivity contribution in [3.8, 4) is 0 Å². The van der Waals surface area contributed by atoms with Crippen molar-refractivity contribution in [2.75, 3.05) is 0 Å². The summed E-state index contributed by atoms with van der Waals surface area (Å²) in [4.78, 5) is 21.1. The van der Waals surface area contributed by atoms with Gasteiger partial charge in [0.05, 0.1) is 30.4 Å². The Morgan fingerprint density at radius 1 is 1.00 bits per heavy atom. The molecule has 0 aliphatic carbocycles. The fourth-order valence-electron chi connectivity index (χ4n) is 5.38. The predicted octanol–water partition coefficient (Wildman–Crippen LogP) is 4.57. The van der Waals surface area contributed by atoms with Crippen molar-refractivity contribution >= 4 is 16.8 Å². The van der Waals surface area contributed by atoms with Gasteiger partial charge >= 0.3 is 0 Å². The summed E-state index contributed by atoms with van der Waals surface area (Å²) < 4.78 is 26.7. The molecule has 0 unspecified atom stereocenters. The lowest BCUT2D eigenvalue weighted by Crippen LogP contribution is -2.34. The molecule has 2 saturated heterocycles. The SMILES string of the molecule is CC1(C)O[C@H]2O[C@H](c3nc4ccc(C(=O)c5ccccc5)cc4[nH]3)[C@H](OCc3cn(Cc4ccccc4)nn3)[C@H]2O1. The number of ketones is 1. The van der Waals surface area contributed by atoms with Gasteiger partial charge in [0.25, 0.3) is 0 Å². The molecule has 0 spiro atoms. The zero-order valence-corrected chi connectivity index (χ0v) is 22.6. The molecule has 10 nitrogen and oxygen atoms in total. The molecular formula is C31H29N5O5. The number of fused-ring (bicyclic) bond motifs is 2. The number of H-pyrrole nitrogens is 1. The van der Waals surface area contributed by atoms with E-state index in [1.165, 1.54) is 0 Å². The second-order valence-corrected chi connectivity index (χ2v) is 10.7. The van der Waals surface area contributed by atoms with E-state index in [-0.39, 0.29) is 12.4 Å². The molecule has 0 bridgehead atoms. The third-order valence-electron chi connectivity index (χ3n) is 7.26. The lowest BCUT2D eigenvalue weighted by Gasteiger charge is -2.24. The number of hydrogen-bond donors (Lipinski definition) is 1. The number of ether oxygens (including phenoxy) is 4. The Labute approximate surface area is 236 Å². The summed E-state index contributed by atoms with van der Waals surface area (Å²) in [5, 5.41) is 8.54. The van der Waals surface area contributed by atoms with E-state index in [9.17, 15) is 4.79 Å². The Morgan fingerprint density at radius 2 is 1.78 bits per heavy atom. The highest BCUT2D eigenvalue weighted by molar-refractivity contribution is 6.10. The van der Waals surface area contributed by atoms with Crippen LogP contribution in [0.4, 0.5) is 0 Å². The number of rotatable bonds is 8. The Morgan fingerprint density at radius 3 is 2.59 bits per heavy atom. The van der Waals surface area contributed by atoms with Gasteiger partial charge in [0.2, 0.25) is 0 Å². The smallest absolute Gasteiger partial charge is 0.193 e. The monoisotopic (exact) mass is 551 g/mol. The maximum Gasteiger partial charge on any atom is 0.193 e. The van der Waals surface area contributed by atoms with Crippen LogP contribution in [0, 0.1) is 0 Å². The number of carbonyl (C=O) groups is 1. The molecule has 4 atom stereocenters. The van der Waals surface area contributed by atoms with E-state index < -0.39 is 30.4 Å². The minimum atomic E-state index is -0.804. The number of carbonyl (C=O) groups excluding carboxylic acids is 1. The van der Waals surface area contributed by atoms with Crippen LogP contribution in [0.5, 0.6) is 0 Å². The maximum atomic E-state index is 13.0. The standard InChI is InChI=1S/C31H29N5O5/c1-31(2)40-28-26(38-18-22-17-36(35-34-22)16-19-9-5-3-6-10-19)27(39-30(28)41-31)29-32-23-14-13-21(15-24(23)33-29)25(37)20-11-7-4-8-12-20/h3-15,17,26-28,30H,16,18H2,1-2H3,(H,32,33)/t26-,27-,28+,30+/m0/s1. The van der Waals surface area contributed by atoms with Crippen LogP contribution < -0.4 is 0 Å². The highest BCUT2D eigenvalue weighted by Crippen LogP contribution is 2.44. The van der Waals surface area contributed by atoms with Gasteiger partial charge in [-0.05, 0) is 37.6 Å². The summed E-state index contributed by atoms with van der Waals surface area (Å²) in [6.45, 7) is 4.53. The normalized spacial score (nSPS) is 23.2. The fourth-order valence-corrected chi connectivity index (χ4v) is 5.38. The molecule has 4 heterocycles. The summed E-state index contributed by atoms with van der Waals surface area (Å²) in [6.07, 6.45) is -0.305. The molecule has 2 aromatic heterocycles. The van der Waals surface area contributed by atoms with Crippen LogP contribution in [0.3, 0.4) is 0 Å². The van der Waals surface area contributed by atoms with Gasteiger partial charge in [-0.25, -0.2) is 9.67 Å². The zero-order valence-electron chi connectivity index (χ0n) is 22.6. The highest BCUT2D eigenvalue weighted by atomic mass is 16.8. The van der Waals surface area contributed by atoms with Crippen LogP contribution in [-0.4, -0.2) is 55.0 Å². The van der Waals surface area contributed by atoms with Gasteiger partial charge in [-0.1, -0.05) is 65.9 Å². The van der Waals surface area contributed by atoms with Gasteiger partial charge in [-0.15, -0.1) is 5.10 Å². The van der Waals surface area contributed by atoms with E-state index in [1.54, 1.807) is 22.9 Å². The molecule has 0 amide bonds. The maximum absolute atomic E-state index is 13.0. The zero-order chi connectivity index (χ0) is 28.0. The van der Waals surface area contributed by atoms with E-state index in [1.807, 2.05) is 80.7 Å². The van der Waals surface area contributed by atoms with Crippen LogP contribution in [0.2, 0.25) is 0 Å². The van der Waals surface area contributed by atoms with Crippen molar-refractivity contribution < 1.29 is 23.7 Å². The van der Waals surface area contributed by atoms with Crippen LogP contribution in [-0.2, 0) is 32.1 Å². The Balaban J connectivity index is 1.12. The summed E-state index contributed by atoms with van der Waals surface area (Å²) in [7, 11) is 0. The number of imidazole rings is 1. The van der Waals surface area contributed by atoms with Crippen LogP contribution >= 0.6 is 0 Å². The first-order chi connectivity index (χ1) is 19.9. The van der Waals surface area contributed by atoms with Crippen LogP contribution in [0.15, 0.2) is 85.1 Å². The Hall–Kier alpha value is -4.22. The third-order valence-corrected chi connectivity index (χ3v) is 7.26. The topological polar surface area (TPSA) is 113 Å². The van der Waals surface area contributed by atoms with Crippen molar-refractivity contribution in [3.63, 3.8) is 0 Å². The largest absolute Gasteiger partial charge is 0.366 e. The average molecular weight is 552 g/mol. The summed E-state index contributed by atoms with van der Waals surface area (Å²) in [6, 6.07) is 24.7. The van der Waals surface area contributed by atoms with Gasteiger partial charge < -0.3 is 23.9 Å². The van der Waals surface area contributed by atoms with Crippen LogP contribution in [0.1, 0.15) is 53.0 Å². The van der Waals surface area contributed by atoms with Gasteiger partial charge in [-0.2, -0.15) is 0 Å². The van der Waals surface area contributed by atoms with E-state index in [0.29, 0.717) is 29.2 Å². The molecule has 2 fully saturated rings. The van der Waals surface area contributed by atoms with Crippen molar-refractivity contribution in [2.24, 2.45) is 0 Å². The lowest BCUT2D eigenvalue weighted by molar-refractivity contribution is -0.221. The minimum Gasteiger partial charge on any atom is -0.366 e. The van der Waals surface area contributed by atoms with Gasteiger partial charge in [0.15, 0.2) is 17.9 Å². The molecule has 7 rings (SSSR count). The number of aromatic nitrogens is 5. The highest BCUT2D eigenvalue weighted by Gasteiger charge is 2.56. The van der Waals surface area contributed by atoms with E-state index >= 15 is 0 Å². The minimum absolute atomic E-state index is 0.0548. The quantitative estimate of drug-likeness (QED) is 0.279. The number of hydrogen-bond acceptors (Lipinski definition) is 8. The molecule has 2 aliphatic rings. The van der Waals surface area contributed by atoms with E-state index in [4.69, 9.17) is 23.9 Å². The van der Waals surface area contributed by atoms with Crippen molar-refractivity contribution in [2.45, 2.75) is 57.4 Å². The van der Waals surface area contributed by atoms with Gasteiger partial charge in [-0.3, -0.25) is 4.79 Å². The first-order valence-electron chi connectivity index (χ1n) is 13.6. The summed E-state index contributed by atoms with van der Waals surface area (Å²) in [5.74, 6) is -0.288. The second-order valence-electron chi connectivity index (χ2n) is 10.7. The molecular weight excluding hydrogens is 522 g/mol. The molecule has 208 valence electrons. The predicted molar refractivity (Wildman–Crippen MR) is 148 cm³/mol.